The second-order valence-electron chi connectivity index (χ2n) is 6.98. The third-order valence-electron chi connectivity index (χ3n) is 4.66. The molecule has 1 aromatic heterocycles. The standard InChI is InChI=1S/C20H22N4O2S/c1-16-7-9-18(10-8-16)13-23-15-21-20(22-23)27(25,26)24(19-11-12-19)14-17-5-3-2-4-6-17/h2-10,15,19H,11-14H2,1H3. The van der Waals surface area contributed by atoms with E-state index in [1.807, 2.05) is 61.5 Å². The first-order valence-electron chi connectivity index (χ1n) is 9.03. The van der Waals surface area contributed by atoms with Gasteiger partial charge < -0.3 is 0 Å². The van der Waals surface area contributed by atoms with Crippen molar-refractivity contribution in [3.05, 3.63) is 77.6 Å². The van der Waals surface area contributed by atoms with E-state index in [4.69, 9.17) is 0 Å². The van der Waals surface area contributed by atoms with Crippen LogP contribution in [0.15, 0.2) is 66.1 Å². The van der Waals surface area contributed by atoms with Crippen LogP contribution in [0.2, 0.25) is 0 Å². The van der Waals surface area contributed by atoms with Gasteiger partial charge in [-0.2, -0.15) is 4.31 Å². The first-order chi connectivity index (χ1) is 13.0. The molecule has 0 atom stereocenters. The topological polar surface area (TPSA) is 68.1 Å². The molecule has 1 fully saturated rings. The quantitative estimate of drug-likeness (QED) is 0.630. The predicted molar refractivity (Wildman–Crippen MR) is 102 cm³/mol. The first-order valence-corrected chi connectivity index (χ1v) is 10.5. The zero-order valence-corrected chi connectivity index (χ0v) is 16.0. The minimum Gasteiger partial charge on any atom is -0.247 e. The summed E-state index contributed by atoms with van der Waals surface area (Å²) in [5.74, 6) is 0. The zero-order valence-electron chi connectivity index (χ0n) is 15.2. The maximum atomic E-state index is 13.1. The minimum absolute atomic E-state index is 0.0410. The van der Waals surface area contributed by atoms with Crippen molar-refractivity contribution in [2.75, 3.05) is 0 Å². The van der Waals surface area contributed by atoms with Crippen LogP contribution in [-0.4, -0.2) is 33.5 Å². The average molecular weight is 382 g/mol. The zero-order chi connectivity index (χ0) is 18.9. The molecular formula is C20H22N4O2S. The van der Waals surface area contributed by atoms with Crippen LogP contribution in [0, 0.1) is 6.92 Å². The van der Waals surface area contributed by atoms with Gasteiger partial charge in [-0.1, -0.05) is 60.2 Å². The monoisotopic (exact) mass is 382 g/mol. The SMILES string of the molecule is Cc1ccc(Cn2cnc(S(=O)(=O)N(Cc3ccccc3)C3CC3)n2)cc1. The molecule has 2 aromatic carbocycles. The molecule has 1 aliphatic rings. The van der Waals surface area contributed by atoms with E-state index >= 15 is 0 Å². The maximum Gasteiger partial charge on any atom is 0.282 e. The number of aromatic nitrogens is 3. The highest BCUT2D eigenvalue weighted by atomic mass is 32.2. The molecule has 0 saturated heterocycles. The largest absolute Gasteiger partial charge is 0.282 e. The second kappa shape index (κ2) is 7.25. The highest BCUT2D eigenvalue weighted by Gasteiger charge is 2.40. The first kappa shape index (κ1) is 17.9. The van der Waals surface area contributed by atoms with E-state index in [0.29, 0.717) is 13.1 Å². The maximum absolute atomic E-state index is 13.1. The summed E-state index contributed by atoms with van der Waals surface area (Å²) < 4.78 is 29.3. The summed E-state index contributed by atoms with van der Waals surface area (Å²) >= 11 is 0. The van der Waals surface area contributed by atoms with Crippen molar-refractivity contribution >= 4 is 10.0 Å². The molecule has 0 N–H and O–H groups in total. The van der Waals surface area contributed by atoms with Crippen molar-refractivity contribution in [3.63, 3.8) is 0 Å². The molecule has 3 aromatic rings. The van der Waals surface area contributed by atoms with E-state index in [1.165, 1.54) is 16.2 Å². The molecule has 1 aliphatic carbocycles. The Hall–Kier alpha value is -2.51. The van der Waals surface area contributed by atoms with Crippen molar-refractivity contribution in [2.24, 2.45) is 0 Å². The number of benzene rings is 2. The van der Waals surface area contributed by atoms with E-state index in [0.717, 1.165) is 24.0 Å². The Balaban J connectivity index is 1.55. The normalized spacial score (nSPS) is 14.6. The van der Waals surface area contributed by atoms with Crippen LogP contribution < -0.4 is 0 Å². The number of aryl methyl sites for hydroxylation is 1. The van der Waals surface area contributed by atoms with Gasteiger partial charge in [0.15, 0.2) is 0 Å². The molecule has 0 bridgehead atoms. The Bertz CT molecular complexity index is 1010. The summed E-state index contributed by atoms with van der Waals surface area (Å²) in [5.41, 5.74) is 3.20. The van der Waals surface area contributed by atoms with E-state index < -0.39 is 10.0 Å². The Morgan fingerprint density at radius 3 is 2.41 bits per heavy atom. The van der Waals surface area contributed by atoms with Gasteiger partial charge >= 0.3 is 0 Å². The number of hydrogen-bond acceptors (Lipinski definition) is 4. The molecule has 1 saturated carbocycles. The summed E-state index contributed by atoms with van der Waals surface area (Å²) in [4.78, 5) is 4.10. The van der Waals surface area contributed by atoms with Crippen molar-refractivity contribution < 1.29 is 8.42 Å². The fraction of sp³-hybridized carbons (Fsp3) is 0.300. The molecule has 0 unspecified atom stereocenters. The molecule has 1 heterocycles. The smallest absolute Gasteiger partial charge is 0.247 e. The molecule has 4 rings (SSSR count). The van der Waals surface area contributed by atoms with Crippen molar-refractivity contribution in [3.8, 4) is 0 Å². The summed E-state index contributed by atoms with van der Waals surface area (Å²) in [6, 6.07) is 17.8. The van der Waals surface area contributed by atoms with E-state index in [-0.39, 0.29) is 11.2 Å². The van der Waals surface area contributed by atoms with E-state index in [1.54, 1.807) is 4.68 Å². The molecule has 140 valence electrons. The lowest BCUT2D eigenvalue weighted by Gasteiger charge is -2.20. The van der Waals surface area contributed by atoms with Crippen LogP contribution in [-0.2, 0) is 23.1 Å². The molecule has 6 nitrogen and oxygen atoms in total. The molecule has 27 heavy (non-hydrogen) atoms. The van der Waals surface area contributed by atoms with E-state index in [9.17, 15) is 8.42 Å². The lowest BCUT2D eigenvalue weighted by Crippen LogP contribution is -2.33. The number of sulfonamides is 1. The molecule has 0 amide bonds. The van der Waals surface area contributed by atoms with Crippen molar-refractivity contribution in [1.82, 2.24) is 19.1 Å². The lowest BCUT2D eigenvalue weighted by molar-refractivity contribution is 0.394. The summed E-state index contributed by atoms with van der Waals surface area (Å²) in [6.07, 6.45) is 3.26. The molecule has 0 aliphatic heterocycles. The van der Waals surface area contributed by atoms with Gasteiger partial charge in [0.1, 0.15) is 6.33 Å². The van der Waals surface area contributed by atoms with Crippen LogP contribution in [0.5, 0.6) is 0 Å². The van der Waals surface area contributed by atoms with Gasteiger partial charge in [-0.05, 0) is 30.9 Å². The predicted octanol–water partition coefficient (Wildman–Crippen LogP) is 2.99. The van der Waals surface area contributed by atoms with Crippen LogP contribution >= 0.6 is 0 Å². The van der Waals surface area contributed by atoms with Crippen molar-refractivity contribution in [2.45, 2.75) is 44.1 Å². The third kappa shape index (κ3) is 4.09. The van der Waals surface area contributed by atoms with Gasteiger partial charge in [-0.3, -0.25) is 0 Å². The van der Waals surface area contributed by atoms with Gasteiger partial charge in [0.2, 0.25) is 0 Å². The fourth-order valence-corrected chi connectivity index (χ4v) is 4.51. The molecule has 0 spiro atoms. The number of rotatable bonds is 7. The summed E-state index contributed by atoms with van der Waals surface area (Å²) in [6.45, 7) is 2.87. The van der Waals surface area contributed by atoms with Gasteiger partial charge in [0, 0.05) is 12.6 Å². The Labute approximate surface area is 159 Å². The minimum atomic E-state index is -3.72. The van der Waals surface area contributed by atoms with Gasteiger partial charge in [-0.25, -0.2) is 18.1 Å². The molecule has 0 radical (unpaired) electrons. The lowest BCUT2D eigenvalue weighted by atomic mass is 10.1. The second-order valence-corrected chi connectivity index (χ2v) is 8.76. The Morgan fingerprint density at radius 2 is 1.74 bits per heavy atom. The highest BCUT2D eigenvalue weighted by molar-refractivity contribution is 7.89. The summed E-state index contributed by atoms with van der Waals surface area (Å²) in [5, 5.41) is 4.12. The van der Waals surface area contributed by atoms with Crippen LogP contribution in [0.3, 0.4) is 0 Å². The molecule has 7 heteroatoms. The fourth-order valence-electron chi connectivity index (χ4n) is 2.99. The average Bonchev–Trinajstić information content (AvgIpc) is 3.39. The van der Waals surface area contributed by atoms with Crippen LogP contribution in [0.1, 0.15) is 29.5 Å². The van der Waals surface area contributed by atoms with Crippen LogP contribution in [0.4, 0.5) is 0 Å². The number of nitrogens with zero attached hydrogens (tertiary/aromatic N) is 4. The Kier molecular flexibility index (Phi) is 4.80. The summed E-state index contributed by atoms with van der Waals surface area (Å²) in [7, 11) is -3.72. The van der Waals surface area contributed by atoms with Gasteiger partial charge in [0.05, 0.1) is 6.54 Å². The van der Waals surface area contributed by atoms with E-state index in [2.05, 4.69) is 10.1 Å². The van der Waals surface area contributed by atoms with Gasteiger partial charge in [-0.15, -0.1) is 5.10 Å². The highest BCUT2D eigenvalue weighted by Crippen LogP contribution is 2.32. The molecular weight excluding hydrogens is 360 g/mol. The number of hydrogen-bond donors (Lipinski definition) is 0. The van der Waals surface area contributed by atoms with Gasteiger partial charge in [0.25, 0.3) is 15.2 Å². The Morgan fingerprint density at radius 1 is 1.04 bits per heavy atom. The third-order valence-corrected chi connectivity index (χ3v) is 6.35. The van der Waals surface area contributed by atoms with Crippen LogP contribution in [0.25, 0.3) is 0 Å². The van der Waals surface area contributed by atoms with Crippen molar-refractivity contribution in [1.29, 1.82) is 0 Å².